The summed E-state index contributed by atoms with van der Waals surface area (Å²) in [6.45, 7) is 0.293. The first-order valence-corrected chi connectivity index (χ1v) is 9.44. The number of amides is 1. The SMILES string of the molecule is CN(CCc1ccc(F)cc1)S(=O)(=O)c1ccc2c(c1)CCC(=O)N2. The number of anilines is 1. The van der Waals surface area contributed by atoms with Crippen LogP contribution in [0.2, 0.25) is 0 Å². The molecule has 0 spiro atoms. The first kappa shape index (κ1) is 17.6. The number of fused-ring (bicyclic) bond motifs is 1. The molecule has 0 saturated heterocycles. The molecule has 7 heteroatoms. The minimum Gasteiger partial charge on any atom is -0.326 e. The summed E-state index contributed by atoms with van der Waals surface area (Å²) in [6.07, 6.45) is 1.39. The highest BCUT2D eigenvalue weighted by Crippen LogP contribution is 2.26. The minimum atomic E-state index is -3.62. The third kappa shape index (κ3) is 3.88. The van der Waals surface area contributed by atoms with Crippen molar-refractivity contribution < 1.29 is 17.6 Å². The molecular weight excluding hydrogens is 343 g/mol. The molecule has 0 radical (unpaired) electrons. The van der Waals surface area contributed by atoms with Crippen LogP contribution >= 0.6 is 0 Å². The van der Waals surface area contributed by atoms with Gasteiger partial charge < -0.3 is 5.32 Å². The van der Waals surface area contributed by atoms with E-state index in [1.54, 1.807) is 24.3 Å². The number of hydrogen-bond acceptors (Lipinski definition) is 3. The summed E-state index contributed by atoms with van der Waals surface area (Å²) in [6, 6.07) is 10.8. The number of nitrogens with one attached hydrogen (secondary N) is 1. The van der Waals surface area contributed by atoms with Crippen molar-refractivity contribution >= 4 is 21.6 Å². The normalized spacial score (nSPS) is 14.3. The lowest BCUT2D eigenvalue weighted by atomic mass is 10.0. The van der Waals surface area contributed by atoms with Crippen molar-refractivity contribution in [3.63, 3.8) is 0 Å². The van der Waals surface area contributed by atoms with Gasteiger partial charge in [-0.25, -0.2) is 17.1 Å². The van der Waals surface area contributed by atoms with E-state index in [0.717, 1.165) is 11.1 Å². The quantitative estimate of drug-likeness (QED) is 0.889. The van der Waals surface area contributed by atoms with Crippen molar-refractivity contribution in [2.75, 3.05) is 18.9 Å². The van der Waals surface area contributed by atoms with E-state index >= 15 is 0 Å². The Hall–Kier alpha value is -2.25. The van der Waals surface area contributed by atoms with Crippen molar-refractivity contribution in [2.24, 2.45) is 0 Å². The smallest absolute Gasteiger partial charge is 0.242 e. The average Bonchev–Trinajstić information content (AvgIpc) is 2.60. The Kier molecular flexibility index (Phi) is 4.87. The van der Waals surface area contributed by atoms with Crippen LogP contribution in [0.15, 0.2) is 47.4 Å². The third-order valence-electron chi connectivity index (χ3n) is 4.31. The lowest BCUT2D eigenvalue weighted by Crippen LogP contribution is -2.29. The molecule has 0 aromatic heterocycles. The number of hydrogen-bond donors (Lipinski definition) is 1. The van der Waals surface area contributed by atoms with E-state index in [-0.39, 0.29) is 16.6 Å². The molecule has 2 aromatic rings. The highest BCUT2D eigenvalue weighted by molar-refractivity contribution is 7.89. The number of likely N-dealkylation sites (N-methyl/N-ethyl adjacent to an activating group) is 1. The molecule has 1 aliphatic heterocycles. The van der Waals surface area contributed by atoms with Crippen LogP contribution < -0.4 is 5.32 Å². The van der Waals surface area contributed by atoms with Gasteiger partial charge in [-0.2, -0.15) is 0 Å². The molecule has 0 aliphatic carbocycles. The van der Waals surface area contributed by atoms with Gasteiger partial charge in [-0.1, -0.05) is 12.1 Å². The Labute approximate surface area is 146 Å². The van der Waals surface area contributed by atoms with E-state index in [0.29, 0.717) is 31.5 Å². The van der Waals surface area contributed by atoms with Gasteiger partial charge in [0.25, 0.3) is 0 Å². The first-order valence-electron chi connectivity index (χ1n) is 8.00. The van der Waals surface area contributed by atoms with Crippen LogP contribution in [0.4, 0.5) is 10.1 Å². The van der Waals surface area contributed by atoms with Crippen molar-refractivity contribution in [1.29, 1.82) is 0 Å². The molecule has 3 rings (SSSR count). The van der Waals surface area contributed by atoms with Gasteiger partial charge in [-0.15, -0.1) is 0 Å². The lowest BCUT2D eigenvalue weighted by Gasteiger charge is -2.20. The summed E-state index contributed by atoms with van der Waals surface area (Å²) >= 11 is 0. The molecule has 0 bridgehead atoms. The van der Waals surface area contributed by atoms with Gasteiger partial charge >= 0.3 is 0 Å². The highest BCUT2D eigenvalue weighted by Gasteiger charge is 2.23. The molecule has 25 heavy (non-hydrogen) atoms. The predicted octanol–water partition coefficient (Wildman–Crippen LogP) is 2.57. The number of nitrogens with zero attached hydrogens (tertiary/aromatic N) is 1. The summed E-state index contributed by atoms with van der Waals surface area (Å²) in [5.74, 6) is -0.370. The first-order chi connectivity index (χ1) is 11.9. The molecule has 1 amide bonds. The van der Waals surface area contributed by atoms with Crippen LogP contribution in [-0.4, -0.2) is 32.2 Å². The second kappa shape index (κ2) is 6.93. The molecule has 1 N–H and O–H groups in total. The summed E-state index contributed by atoms with van der Waals surface area (Å²) in [5.41, 5.74) is 2.37. The van der Waals surface area contributed by atoms with Crippen LogP contribution in [0.3, 0.4) is 0 Å². The van der Waals surface area contributed by atoms with Gasteiger partial charge in [0.1, 0.15) is 5.82 Å². The Bertz CT molecular complexity index is 895. The number of aryl methyl sites for hydroxylation is 1. The van der Waals surface area contributed by atoms with Crippen LogP contribution in [0, 0.1) is 5.82 Å². The molecule has 0 fully saturated rings. The van der Waals surface area contributed by atoms with Gasteiger partial charge in [0.05, 0.1) is 4.90 Å². The molecular formula is C18H19FN2O3S. The fraction of sp³-hybridized carbons (Fsp3) is 0.278. The molecule has 0 unspecified atom stereocenters. The number of benzene rings is 2. The molecule has 1 heterocycles. The second-order valence-corrected chi connectivity index (χ2v) is 8.12. The number of carbonyl (C=O) groups excluding carboxylic acids is 1. The van der Waals surface area contributed by atoms with Crippen LogP contribution in [-0.2, 0) is 27.7 Å². The standard InChI is InChI=1S/C18H19FN2O3S/c1-21(11-10-13-2-5-15(19)6-3-13)25(23,24)16-7-8-17-14(12-16)4-9-18(22)20-17/h2-3,5-8,12H,4,9-11H2,1H3,(H,20,22). The zero-order valence-corrected chi connectivity index (χ0v) is 14.6. The molecule has 0 saturated carbocycles. The summed E-state index contributed by atoms with van der Waals surface area (Å²) < 4.78 is 39.7. The van der Waals surface area contributed by atoms with Gasteiger partial charge in [-0.05, 0) is 54.3 Å². The van der Waals surface area contributed by atoms with Gasteiger partial charge in [0.2, 0.25) is 15.9 Å². The number of sulfonamides is 1. The second-order valence-electron chi connectivity index (χ2n) is 6.07. The van der Waals surface area contributed by atoms with Gasteiger partial charge in [-0.3, -0.25) is 4.79 Å². The average molecular weight is 362 g/mol. The van der Waals surface area contributed by atoms with E-state index in [9.17, 15) is 17.6 Å². The summed E-state index contributed by atoms with van der Waals surface area (Å²) in [5, 5.41) is 2.74. The van der Waals surface area contributed by atoms with E-state index in [1.807, 2.05) is 0 Å². The largest absolute Gasteiger partial charge is 0.326 e. The maximum absolute atomic E-state index is 12.9. The molecule has 0 atom stereocenters. The molecule has 2 aromatic carbocycles. The van der Waals surface area contributed by atoms with Crippen molar-refractivity contribution in [2.45, 2.75) is 24.2 Å². The highest BCUT2D eigenvalue weighted by atomic mass is 32.2. The zero-order valence-electron chi connectivity index (χ0n) is 13.8. The Morgan fingerprint density at radius 3 is 2.56 bits per heavy atom. The lowest BCUT2D eigenvalue weighted by molar-refractivity contribution is -0.116. The zero-order chi connectivity index (χ0) is 18.0. The Morgan fingerprint density at radius 2 is 1.84 bits per heavy atom. The van der Waals surface area contributed by atoms with Gasteiger partial charge in [0, 0.05) is 25.7 Å². The fourth-order valence-electron chi connectivity index (χ4n) is 2.76. The topological polar surface area (TPSA) is 66.5 Å². The predicted molar refractivity (Wildman–Crippen MR) is 93.3 cm³/mol. The summed E-state index contributed by atoms with van der Waals surface area (Å²) in [4.78, 5) is 11.6. The van der Waals surface area contributed by atoms with Crippen LogP contribution in [0.1, 0.15) is 17.5 Å². The van der Waals surface area contributed by atoms with Gasteiger partial charge in [0.15, 0.2) is 0 Å². The molecule has 1 aliphatic rings. The van der Waals surface area contributed by atoms with Crippen molar-refractivity contribution in [1.82, 2.24) is 4.31 Å². The van der Waals surface area contributed by atoms with E-state index in [2.05, 4.69) is 5.32 Å². The maximum Gasteiger partial charge on any atom is 0.242 e. The van der Waals surface area contributed by atoms with Crippen LogP contribution in [0.25, 0.3) is 0 Å². The van der Waals surface area contributed by atoms with Crippen LogP contribution in [0.5, 0.6) is 0 Å². The fourth-order valence-corrected chi connectivity index (χ4v) is 3.98. The minimum absolute atomic E-state index is 0.0560. The monoisotopic (exact) mass is 362 g/mol. The van der Waals surface area contributed by atoms with Crippen molar-refractivity contribution in [3.05, 3.63) is 59.4 Å². The molecule has 132 valence electrons. The Morgan fingerprint density at radius 1 is 1.12 bits per heavy atom. The third-order valence-corrected chi connectivity index (χ3v) is 6.16. The number of rotatable bonds is 5. The Balaban J connectivity index is 1.74. The van der Waals surface area contributed by atoms with E-state index < -0.39 is 10.0 Å². The molecule has 5 nitrogen and oxygen atoms in total. The number of halogens is 1. The van der Waals surface area contributed by atoms with E-state index in [1.165, 1.54) is 29.6 Å². The summed E-state index contributed by atoms with van der Waals surface area (Å²) in [7, 11) is -2.09. The maximum atomic E-state index is 12.9. The number of carbonyl (C=O) groups is 1. The van der Waals surface area contributed by atoms with E-state index in [4.69, 9.17) is 0 Å². The van der Waals surface area contributed by atoms with Crippen molar-refractivity contribution in [3.8, 4) is 0 Å².